The number of aromatic amines is 1. The van der Waals surface area contributed by atoms with Crippen molar-refractivity contribution in [3.05, 3.63) is 47.5 Å². The highest BCUT2D eigenvalue weighted by molar-refractivity contribution is 5.79. The van der Waals surface area contributed by atoms with E-state index in [0.29, 0.717) is 38.9 Å². The van der Waals surface area contributed by atoms with Crippen LogP contribution in [0.3, 0.4) is 0 Å². The number of rotatable bonds is 3. The van der Waals surface area contributed by atoms with Crippen LogP contribution in [0.4, 0.5) is 0 Å². The molecule has 0 radical (unpaired) electrons. The molecule has 4 rings (SSSR count). The van der Waals surface area contributed by atoms with E-state index in [9.17, 15) is 14.7 Å². The number of aromatic nitrogens is 2. The molecule has 0 bridgehead atoms. The summed E-state index contributed by atoms with van der Waals surface area (Å²) in [6.45, 7) is 3.78. The first-order valence-electron chi connectivity index (χ1n) is 9.92. The SMILES string of the molecule is CCC(=O)N1CCc2[nH]cnc2C12CCN(C(=O)Cc1cccc(O)c1)CC2. The van der Waals surface area contributed by atoms with Gasteiger partial charge in [0.1, 0.15) is 5.75 Å². The summed E-state index contributed by atoms with van der Waals surface area (Å²) in [6.07, 6.45) is 4.65. The lowest BCUT2D eigenvalue weighted by atomic mass is 9.78. The Morgan fingerprint density at radius 3 is 2.71 bits per heavy atom. The lowest BCUT2D eigenvalue weighted by Crippen LogP contribution is -2.58. The Hall–Kier alpha value is -2.83. The zero-order chi connectivity index (χ0) is 19.7. The minimum atomic E-state index is -0.414. The van der Waals surface area contributed by atoms with Gasteiger partial charge >= 0.3 is 0 Å². The van der Waals surface area contributed by atoms with Gasteiger partial charge < -0.3 is 19.9 Å². The number of phenols is 1. The second kappa shape index (κ2) is 7.30. The van der Waals surface area contributed by atoms with Gasteiger partial charge in [0, 0.05) is 38.2 Å². The van der Waals surface area contributed by atoms with E-state index in [-0.39, 0.29) is 24.0 Å². The normalized spacial score (nSPS) is 18.2. The molecule has 1 saturated heterocycles. The maximum Gasteiger partial charge on any atom is 0.226 e. The van der Waals surface area contributed by atoms with Gasteiger partial charge in [-0.3, -0.25) is 9.59 Å². The molecule has 2 aromatic rings. The number of benzene rings is 1. The Labute approximate surface area is 164 Å². The summed E-state index contributed by atoms with van der Waals surface area (Å²) in [5.41, 5.74) is 2.48. The molecule has 1 aromatic heterocycles. The predicted octanol–water partition coefficient (Wildman–Crippen LogP) is 1.97. The second-order valence-corrected chi connectivity index (χ2v) is 7.64. The molecule has 2 N–H and O–H groups in total. The first-order chi connectivity index (χ1) is 13.5. The van der Waals surface area contributed by atoms with Crippen molar-refractivity contribution in [1.82, 2.24) is 19.8 Å². The van der Waals surface area contributed by atoms with Crippen molar-refractivity contribution in [3.63, 3.8) is 0 Å². The van der Waals surface area contributed by atoms with Crippen LogP contribution >= 0.6 is 0 Å². The smallest absolute Gasteiger partial charge is 0.226 e. The van der Waals surface area contributed by atoms with Crippen LogP contribution in [0.2, 0.25) is 0 Å². The number of likely N-dealkylation sites (tertiary alicyclic amines) is 1. The Bertz CT molecular complexity index is 883. The molecule has 148 valence electrons. The standard InChI is InChI=1S/C21H26N4O3/c1-2-18(27)25-9-6-17-20(23-14-22-17)21(25)7-10-24(11-8-21)19(28)13-15-4-3-5-16(26)12-15/h3-5,12,14,26H,2,6-11,13H2,1H3,(H,22,23). The van der Waals surface area contributed by atoms with Crippen LogP contribution in [0, 0.1) is 0 Å². The third kappa shape index (κ3) is 3.15. The number of fused-ring (bicyclic) bond motifs is 2. The molecule has 0 saturated carbocycles. The van der Waals surface area contributed by atoms with Crippen LogP contribution in [-0.2, 0) is 28.0 Å². The summed E-state index contributed by atoms with van der Waals surface area (Å²) in [4.78, 5) is 37.1. The van der Waals surface area contributed by atoms with Crippen LogP contribution in [0.5, 0.6) is 5.75 Å². The van der Waals surface area contributed by atoms with Gasteiger partial charge in [-0.2, -0.15) is 0 Å². The van der Waals surface area contributed by atoms with E-state index in [1.54, 1.807) is 24.5 Å². The average molecular weight is 382 g/mol. The largest absolute Gasteiger partial charge is 0.508 e. The van der Waals surface area contributed by atoms with Crippen LogP contribution in [0.25, 0.3) is 0 Å². The molecule has 1 aromatic carbocycles. The minimum Gasteiger partial charge on any atom is -0.508 e. The summed E-state index contributed by atoms with van der Waals surface area (Å²) < 4.78 is 0. The van der Waals surface area contributed by atoms with Gasteiger partial charge in [-0.05, 0) is 30.5 Å². The highest BCUT2D eigenvalue weighted by Crippen LogP contribution is 2.42. The number of nitrogens with one attached hydrogen (secondary N) is 1. The summed E-state index contributed by atoms with van der Waals surface area (Å²) in [7, 11) is 0. The van der Waals surface area contributed by atoms with Gasteiger partial charge in [0.05, 0.1) is 24.0 Å². The lowest BCUT2D eigenvalue weighted by Gasteiger charge is -2.50. The van der Waals surface area contributed by atoms with Crippen LogP contribution in [-0.4, -0.2) is 56.3 Å². The van der Waals surface area contributed by atoms with E-state index >= 15 is 0 Å². The average Bonchev–Trinajstić information content (AvgIpc) is 3.18. The zero-order valence-electron chi connectivity index (χ0n) is 16.1. The number of phenolic OH excluding ortho intramolecular Hbond substituents is 1. The molecule has 1 fully saturated rings. The third-order valence-electron chi connectivity index (χ3n) is 6.07. The van der Waals surface area contributed by atoms with Gasteiger partial charge in [-0.25, -0.2) is 4.98 Å². The van der Waals surface area contributed by atoms with Gasteiger partial charge in [-0.15, -0.1) is 0 Å². The zero-order valence-corrected chi connectivity index (χ0v) is 16.1. The predicted molar refractivity (Wildman–Crippen MR) is 104 cm³/mol. The number of carbonyl (C=O) groups is 2. The lowest BCUT2D eigenvalue weighted by molar-refractivity contribution is -0.144. The highest BCUT2D eigenvalue weighted by Gasteiger charge is 2.48. The first-order valence-corrected chi connectivity index (χ1v) is 9.92. The van der Waals surface area contributed by atoms with Crippen molar-refractivity contribution in [1.29, 1.82) is 0 Å². The van der Waals surface area contributed by atoms with E-state index in [2.05, 4.69) is 9.97 Å². The van der Waals surface area contributed by atoms with Gasteiger partial charge in [0.25, 0.3) is 0 Å². The number of imidazole rings is 1. The fraction of sp³-hybridized carbons (Fsp3) is 0.476. The van der Waals surface area contributed by atoms with Crippen LogP contribution < -0.4 is 0 Å². The van der Waals surface area contributed by atoms with E-state index in [1.807, 2.05) is 22.8 Å². The summed E-state index contributed by atoms with van der Waals surface area (Å²) >= 11 is 0. The fourth-order valence-corrected chi connectivity index (χ4v) is 4.62. The van der Waals surface area contributed by atoms with Gasteiger partial charge in [-0.1, -0.05) is 19.1 Å². The number of hydrogen-bond acceptors (Lipinski definition) is 4. The first kappa shape index (κ1) is 18.5. The monoisotopic (exact) mass is 382 g/mol. The van der Waals surface area contributed by atoms with Gasteiger partial charge in [0.2, 0.25) is 11.8 Å². The fourth-order valence-electron chi connectivity index (χ4n) is 4.62. The Kier molecular flexibility index (Phi) is 4.83. The maximum absolute atomic E-state index is 12.8. The summed E-state index contributed by atoms with van der Waals surface area (Å²) in [6, 6.07) is 6.82. The molecule has 0 unspecified atom stereocenters. The molecule has 7 nitrogen and oxygen atoms in total. The van der Waals surface area contributed by atoms with Crippen molar-refractivity contribution in [2.24, 2.45) is 0 Å². The molecule has 28 heavy (non-hydrogen) atoms. The number of hydrogen-bond donors (Lipinski definition) is 2. The van der Waals surface area contributed by atoms with Crippen molar-refractivity contribution < 1.29 is 14.7 Å². The molecular weight excluding hydrogens is 356 g/mol. The maximum atomic E-state index is 12.8. The van der Waals surface area contributed by atoms with E-state index < -0.39 is 5.54 Å². The van der Waals surface area contributed by atoms with Crippen molar-refractivity contribution >= 4 is 11.8 Å². The summed E-state index contributed by atoms with van der Waals surface area (Å²) in [5.74, 6) is 0.366. The number of amides is 2. The topological polar surface area (TPSA) is 89.5 Å². The van der Waals surface area contributed by atoms with E-state index in [4.69, 9.17) is 0 Å². The summed E-state index contributed by atoms with van der Waals surface area (Å²) in [5, 5.41) is 9.61. The Balaban J connectivity index is 1.51. The van der Waals surface area contributed by atoms with Crippen molar-refractivity contribution in [3.8, 4) is 5.75 Å². The highest BCUT2D eigenvalue weighted by atomic mass is 16.3. The quantitative estimate of drug-likeness (QED) is 0.849. The molecule has 0 aliphatic carbocycles. The van der Waals surface area contributed by atoms with Crippen LogP contribution in [0.15, 0.2) is 30.6 Å². The van der Waals surface area contributed by atoms with Crippen molar-refractivity contribution in [2.45, 2.75) is 44.6 Å². The van der Waals surface area contributed by atoms with Crippen LogP contribution in [0.1, 0.15) is 43.1 Å². The second-order valence-electron chi connectivity index (χ2n) is 7.64. The number of aromatic hydroxyl groups is 1. The Morgan fingerprint density at radius 2 is 2.00 bits per heavy atom. The molecule has 0 atom stereocenters. The molecule has 2 aliphatic rings. The van der Waals surface area contributed by atoms with Gasteiger partial charge in [0.15, 0.2) is 0 Å². The number of carbonyl (C=O) groups excluding carboxylic acids is 2. The molecule has 2 aliphatic heterocycles. The van der Waals surface area contributed by atoms with E-state index in [1.165, 1.54) is 0 Å². The molecule has 7 heteroatoms. The molecular formula is C21H26N4O3. The Morgan fingerprint density at radius 1 is 1.21 bits per heavy atom. The molecule has 2 amide bonds. The number of H-pyrrole nitrogens is 1. The number of nitrogens with zero attached hydrogens (tertiary/aromatic N) is 3. The van der Waals surface area contributed by atoms with Crippen molar-refractivity contribution in [2.75, 3.05) is 19.6 Å². The van der Waals surface area contributed by atoms with E-state index in [0.717, 1.165) is 23.4 Å². The minimum absolute atomic E-state index is 0.0480. The molecule has 3 heterocycles. The third-order valence-corrected chi connectivity index (χ3v) is 6.07. The number of piperidine rings is 1. The molecule has 1 spiro atoms.